The molecule has 3 rings (SSSR count). The lowest BCUT2D eigenvalue weighted by Gasteiger charge is -2.16. The van der Waals surface area contributed by atoms with Gasteiger partial charge in [-0.1, -0.05) is 11.6 Å². The Morgan fingerprint density at radius 1 is 1.33 bits per heavy atom. The fraction of sp³-hybridized carbons (Fsp3) is 0.231. The maximum Gasteiger partial charge on any atom is 0.349 e. The predicted octanol–water partition coefficient (Wildman–Crippen LogP) is 0.539. The van der Waals surface area contributed by atoms with Crippen LogP contribution in [0.2, 0.25) is 5.02 Å². The van der Waals surface area contributed by atoms with Gasteiger partial charge >= 0.3 is 5.69 Å². The Kier molecular flexibility index (Phi) is 3.23. The van der Waals surface area contributed by atoms with Gasteiger partial charge in [0, 0.05) is 11.6 Å². The van der Waals surface area contributed by atoms with E-state index in [1.807, 2.05) is 6.92 Å². The molecule has 0 aliphatic carbocycles. The summed E-state index contributed by atoms with van der Waals surface area (Å²) < 4.78 is 1.57. The van der Waals surface area contributed by atoms with Crippen molar-refractivity contribution in [2.24, 2.45) is 0 Å². The molecule has 108 valence electrons. The highest BCUT2D eigenvalue weighted by Crippen LogP contribution is 2.26. The molecule has 1 aromatic carbocycles. The summed E-state index contributed by atoms with van der Waals surface area (Å²) in [5.74, 6) is 0.130. The van der Waals surface area contributed by atoms with Crippen molar-refractivity contribution < 1.29 is 5.11 Å². The number of rotatable bonds is 2. The molecule has 2 aliphatic rings. The van der Waals surface area contributed by atoms with Crippen LogP contribution in [0.3, 0.4) is 0 Å². The molecule has 8 heteroatoms. The number of fused-ring (bicyclic) bond motifs is 2. The molecule has 0 unspecified atom stereocenters. The number of benzene rings is 1. The zero-order valence-electron chi connectivity index (χ0n) is 11.1. The minimum absolute atomic E-state index is 0.0530. The molecule has 2 N–H and O–H groups in total. The van der Waals surface area contributed by atoms with Gasteiger partial charge in [-0.05, 0) is 24.6 Å². The van der Waals surface area contributed by atoms with Crippen LogP contribution in [0.5, 0.6) is 0 Å². The van der Waals surface area contributed by atoms with Crippen molar-refractivity contribution in [1.29, 1.82) is 0 Å². The number of H-pyrrole nitrogens is 1. The van der Waals surface area contributed by atoms with E-state index in [0.717, 1.165) is 5.56 Å². The number of aromatic amines is 1. The minimum Gasteiger partial charge on any atom is -0.395 e. The van der Waals surface area contributed by atoms with Crippen LogP contribution in [0.1, 0.15) is 5.56 Å². The summed E-state index contributed by atoms with van der Waals surface area (Å²) in [4.78, 5) is 33.4. The van der Waals surface area contributed by atoms with Gasteiger partial charge in [-0.25, -0.2) is 9.78 Å². The van der Waals surface area contributed by atoms with Gasteiger partial charge in [-0.3, -0.25) is 9.78 Å². The van der Waals surface area contributed by atoms with E-state index >= 15 is 0 Å². The molecule has 0 aromatic heterocycles. The number of aromatic nitrogens is 4. The van der Waals surface area contributed by atoms with Crippen molar-refractivity contribution in [2.75, 3.05) is 6.61 Å². The van der Waals surface area contributed by atoms with Crippen molar-refractivity contribution in [1.82, 2.24) is 19.5 Å². The van der Waals surface area contributed by atoms with Crippen LogP contribution in [0.4, 0.5) is 0 Å². The van der Waals surface area contributed by atoms with Crippen molar-refractivity contribution in [3.05, 3.63) is 43.6 Å². The van der Waals surface area contributed by atoms with Gasteiger partial charge in [0.05, 0.1) is 17.6 Å². The summed E-state index contributed by atoms with van der Waals surface area (Å²) in [7, 11) is 0. The summed E-state index contributed by atoms with van der Waals surface area (Å²) in [5, 5.41) is 9.77. The van der Waals surface area contributed by atoms with Crippen molar-refractivity contribution in [3.8, 4) is 11.5 Å². The topological polar surface area (TPSA) is 101 Å². The highest BCUT2D eigenvalue weighted by atomic mass is 35.5. The summed E-state index contributed by atoms with van der Waals surface area (Å²) in [6, 6.07) is 3.43. The molecule has 0 saturated heterocycles. The van der Waals surface area contributed by atoms with E-state index in [0.29, 0.717) is 16.1 Å². The lowest BCUT2D eigenvalue weighted by molar-refractivity contribution is 0.278. The van der Waals surface area contributed by atoms with E-state index in [9.17, 15) is 14.7 Å². The van der Waals surface area contributed by atoms with Gasteiger partial charge in [-0.15, -0.1) is 0 Å². The monoisotopic (exact) mass is 306 g/mol. The van der Waals surface area contributed by atoms with E-state index in [2.05, 4.69) is 15.0 Å². The van der Waals surface area contributed by atoms with Crippen molar-refractivity contribution in [3.63, 3.8) is 0 Å². The first-order valence-corrected chi connectivity index (χ1v) is 6.60. The first-order valence-electron chi connectivity index (χ1n) is 6.23. The maximum absolute atomic E-state index is 11.9. The molecule has 0 saturated carbocycles. The van der Waals surface area contributed by atoms with E-state index in [-0.39, 0.29) is 24.7 Å². The number of aliphatic hydroxyl groups is 1. The van der Waals surface area contributed by atoms with Crippen LogP contribution >= 0.6 is 11.6 Å². The summed E-state index contributed by atoms with van der Waals surface area (Å²) >= 11 is 6.12. The SMILES string of the molecule is Cc1cc2nc3c(=O)[nH]c(=O)nc-3n(CCO)c2cc1Cl. The first kappa shape index (κ1) is 13.7. The molecule has 0 amide bonds. The molecule has 2 heterocycles. The third kappa shape index (κ3) is 2.20. The van der Waals surface area contributed by atoms with Gasteiger partial charge in [0.1, 0.15) is 0 Å². The van der Waals surface area contributed by atoms with E-state index in [1.165, 1.54) is 0 Å². The van der Waals surface area contributed by atoms with Crippen LogP contribution in [-0.4, -0.2) is 31.2 Å². The lowest BCUT2D eigenvalue weighted by atomic mass is 10.2. The summed E-state index contributed by atoms with van der Waals surface area (Å²) in [6.07, 6.45) is 0. The third-order valence-corrected chi connectivity index (χ3v) is 3.62. The van der Waals surface area contributed by atoms with Crippen LogP contribution in [0.15, 0.2) is 21.7 Å². The Morgan fingerprint density at radius 2 is 2.10 bits per heavy atom. The highest BCUT2D eigenvalue weighted by molar-refractivity contribution is 6.32. The molecule has 0 atom stereocenters. The fourth-order valence-corrected chi connectivity index (χ4v) is 2.40. The molecular weight excluding hydrogens is 296 g/mol. The third-order valence-electron chi connectivity index (χ3n) is 3.21. The second kappa shape index (κ2) is 4.94. The fourth-order valence-electron chi connectivity index (χ4n) is 2.25. The average Bonchev–Trinajstić information content (AvgIpc) is 2.42. The Labute approximate surface area is 123 Å². The Morgan fingerprint density at radius 3 is 2.81 bits per heavy atom. The van der Waals surface area contributed by atoms with Crippen molar-refractivity contribution in [2.45, 2.75) is 13.5 Å². The molecule has 0 bridgehead atoms. The van der Waals surface area contributed by atoms with Crippen molar-refractivity contribution >= 4 is 22.6 Å². The Hall–Kier alpha value is -2.25. The van der Waals surface area contributed by atoms with Gasteiger partial charge in [-0.2, -0.15) is 4.98 Å². The zero-order chi connectivity index (χ0) is 15.1. The van der Waals surface area contributed by atoms with E-state index < -0.39 is 11.2 Å². The van der Waals surface area contributed by atoms with Crippen LogP contribution in [0, 0.1) is 6.92 Å². The van der Waals surface area contributed by atoms with E-state index in [4.69, 9.17) is 11.6 Å². The standard InChI is InChI=1S/C13H11ClN4O3/c1-6-4-8-9(5-7(6)14)18(2-3-19)11-10(15-8)12(20)17-13(21)16-11/h4-5,19H,2-3H2,1H3,(H,17,20,21). The maximum atomic E-state index is 11.9. The van der Waals surface area contributed by atoms with Gasteiger partial charge in [0.15, 0.2) is 11.5 Å². The number of aryl methyl sites for hydroxylation is 1. The highest BCUT2D eigenvalue weighted by Gasteiger charge is 2.18. The number of nitrogens with zero attached hydrogens (tertiary/aromatic N) is 3. The van der Waals surface area contributed by atoms with Gasteiger partial charge in [0.25, 0.3) is 5.56 Å². The quantitative estimate of drug-likeness (QED) is 0.673. The number of hydrogen-bond acceptors (Lipinski definition) is 5. The molecule has 0 radical (unpaired) electrons. The molecule has 0 spiro atoms. The predicted molar refractivity (Wildman–Crippen MR) is 77.9 cm³/mol. The van der Waals surface area contributed by atoms with Gasteiger partial charge < -0.3 is 9.67 Å². The normalized spacial score (nSPS) is 11.4. The first-order chi connectivity index (χ1) is 10.0. The molecule has 2 aliphatic heterocycles. The Balaban J connectivity index is 2.55. The Bertz CT molecular complexity index is 931. The number of halogens is 1. The van der Waals surface area contributed by atoms with Crippen LogP contribution in [-0.2, 0) is 6.54 Å². The molecule has 7 nitrogen and oxygen atoms in total. The second-order valence-corrected chi connectivity index (χ2v) is 5.03. The lowest BCUT2D eigenvalue weighted by Crippen LogP contribution is -2.29. The number of aliphatic hydroxyl groups excluding tert-OH is 1. The number of hydrogen-bond donors (Lipinski definition) is 2. The van der Waals surface area contributed by atoms with Crippen LogP contribution < -0.4 is 11.2 Å². The second-order valence-electron chi connectivity index (χ2n) is 4.62. The average molecular weight is 307 g/mol. The minimum atomic E-state index is -0.751. The molecule has 21 heavy (non-hydrogen) atoms. The molecular formula is C13H11ClN4O3. The van der Waals surface area contributed by atoms with Crippen LogP contribution in [0.25, 0.3) is 22.6 Å². The van der Waals surface area contributed by atoms with Gasteiger partial charge in [0.2, 0.25) is 0 Å². The summed E-state index contributed by atoms with van der Waals surface area (Å²) in [5.41, 5.74) is 0.659. The number of nitrogens with one attached hydrogen (secondary N) is 1. The molecule has 1 aromatic rings. The largest absolute Gasteiger partial charge is 0.395 e. The summed E-state index contributed by atoms with van der Waals surface area (Å²) in [6.45, 7) is 1.82. The zero-order valence-corrected chi connectivity index (χ0v) is 11.8. The van der Waals surface area contributed by atoms with E-state index in [1.54, 1.807) is 16.7 Å². The molecule has 0 fully saturated rings. The smallest absolute Gasteiger partial charge is 0.349 e.